The molecule has 162 valence electrons. The fourth-order valence-corrected chi connectivity index (χ4v) is 2.45. The van der Waals surface area contributed by atoms with Gasteiger partial charge in [0.1, 0.15) is 0 Å². The Hall–Kier alpha value is -1.36. The molecule has 0 bridgehead atoms. The van der Waals surface area contributed by atoms with Crippen molar-refractivity contribution < 1.29 is 23.0 Å². The van der Waals surface area contributed by atoms with Crippen molar-refractivity contribution >= 4 is 29.9 Å². The van der Waals surface area contributed by atoms with E-state index >= 15 is 0 Å². The van der Waals surface area contributed by atoms with Gasteiger partial charge in [-0.3, -0.25) is 0 Å². The van der Waals surface area contributed by atoms with Gasteiger partial charge in [0.2, 0.25) is 0 Å². The second-order valence-corrected chi connectivity index (χ2v) is 7.03. The van der Waals surface area contributed by atoms with E-state index in [4.69, 9.17) is 9.47 Å². The summed E-state index contributed by atoms with van der Waals surface area (Å²) in [7, 11) is 3.09. The van der Waals surface area contributed by atoms with E-state index in [1.807, 2.05) is 6.92 Å². The fraction of sp³-hybridized carbons (Fsp3) is 0.632. The van der Waals surface area contributed by atoms with Gasteiger partial charge in [0.15, 0.2) is 17.5 Å². The molecule has 1 aromatic rings. The van der Waals surface area contributed by atoms with Crippen LogP contribution in [0.25, 0.3) is 0 Å². The van der Waals surface area contributed by atoms with E-state index in [-0.39, 0.29) is 47.0 Å². The predicted octanol–water partition coefficient (Wildman–Crippen LogP) is 4.03. The topological polar surface area (TPSA) is 64.1 Å². The summed E-state index contributed by atoms with van der Waals surface area (Å²) in [6.45, 7) is 6.96. The Morgan fingerprint density at radius 2 is 1.82 bits per heavy atom. The number of alkyl halides is 2. The lowest BCUT2D eigenvalue weighted by Crippen LogP contribution is -2.45. The van der Waals surface area contributed by atoms with Gasteiger partial charge in [-0.2, -0.15) is 8.78 Å². The quantitative estimate of drug-likeness (QED) is 0.296. The Morgan fingerprint density at radius 3 is 2.32 bits per heavy atom. The summed E-state index contributed by atoms with van der Waals surface area (Å²) in [6, 6.07) is 4.85. The van der Waals surface area contributed by atoms with Gasteiger partial charge < -0.3 is 24.8 Å². The third-order valence-electron chi connectivity index (χ3n) is 3.91. The monoisotopic (exact) mass is 515 g/mol. The maximum atomic E-state index is 12.6. The Labute approximate surface area is 183 Å². The third kappa shape index (κ3) is 9.22. The van der Waals surface area contributed by atoms with Crippen LogP contribution in [0.1, 0.15) is 33.3 Å². The first-order valence-electron chi connectivity index (χ1n) is 8.88. The van der Waals surface area contributed by atoms with Gasteiger partial charge >= 0.3 is 6.61 Å². The molecule has 0 aliphatic heterocycles. The number of guanidine groups is 1. The van der Waals surface area contributed by atoms with Crippen molar-refractivity contribution in [1.29, 1.82) is 0 Å². The van der Waals surface area contributed by atoms with Crippen molar-refractivity contribution in [3.8, 4) is 11.5 Å². The molecule has 0 aliphatic carbocycles. The highest BCUT2D eigenvalue weighted by atomic mass is 127. The lowest BCUT2D eigenvalue weighted by atomic mass is 9.89. The SMILES string of the molecule is CCNC(=NCc1ccc(OC)c(OC(F)F)c1)NCC(OC)C(C)(C)C.I. The fourth-order valence-electron chi connectivity index (χ4n) is 2.45. The zero-order valence-electron chi connectivity index (χ0n) is 17.3. The van der Waals surface area contributed by atoms with Crippen LogP contribution < -0.4 is 20.1 Å². The van der Waals surface area contributed by atoms with Gasteiger partial charge in [-0.1, -0.05) is 26.8 Å². The number of halogens is 3. The smallest absolute Gasteiger partial charge is 0.387 e. The number of aliphatic imine (C=N–C) groups is 1. The summed E-state index contributed by atoms with van der Waals surface area (Å²) < 4.78 is 40.2. The number of nitrogens with one attached hydrogen (secondary N) is 2. The second-order valence-electron chi connectivity index (χ2n) is 7.03. The summed E-state index contributed by atoms with van der Waals surface area (Å²) >= 11 is 0. The van der Waals surface area contributed by atoms with E-state index < -0.39 is 6.61 Å². The molecule has 0 saturated carbocycles. The van der Waals surface area contributed by atoms with Gasteiger partial charge in [-0.25, -0.2) is 4.99 Å². The molecule has 6 nitrogen and oxygen atoms in total. The highest BCUT2D eigenvalue weighted by Crippen LogP contribution is 2.29. The largest absolute Gasteiger partial charge is 0.493 e. The predicted molar refractivity (Wildman–Crippen MR) is 118 cm³/mol. The second kappa shape index (κ2) is 13.0. The Morgan fingerprint density at radius 1 is 1.14 bits per heavy atom. The highest BCUT2D eigenvalue weighted by Gasteiger charge is 2.24. The molecule has 0 aromatic heterocycles. The van der Waals surface area contributed by atoms with Gasteiger partial charge in [0.25, 0.3) is 0 Å². The summed E-state index contributed by atoms with van der Waals surface area (Å²) in [4.78, 5) is 4.50. The number of ether oxygens (including phenoxy) is 3. The number of methoxy groups -OCH3 is 2. The molecule has 0 spiro atoms. The van der Waals surface area contributed by atoms with E-state index in [9.17, 15) is 8.78 Å². The molecule has 9 heteroatoms. The molecule has 1 unspecified atom stereocenters. The van der Waals surface area contributed by atoms with Crippen molar-refractivity contribution in [2.24, 2.45) is 10.4 Å². The van der Waals surface area contributed by atoms with Crippen LogP contribution in [0.4, 0.5) is 8.78 Å². The average molecular weight is 515 g/mol. The number of hydrogen-bond acceptors (Lipinski definition) is 4. The molecular formula is C19H32F2IN3O3. The molecule has 0 fully saturated rings. The first-order chi connectivity index (χ1) is 12.7. The maximum Gasteiger partial charge on any atom is 0.387 e. The van der Waals surface area contributed by atoms with Crippen LogP contribution in [-0.4, -0.2) is 46.0 Å². The average Bonchev–Trinajstić information content (AvgIpc) is 2.58. The van der Waals surface area contributed by atoms with Gasteiger partial charge in [0, 0.05) is 20.2 Å². The van der Waals surface area contributed by atoms with Crippen LogP contribution in [-0.2, 0) is 11.3 Å². The molecule has 1 rings (SSSR count). The minimum Gasteiger partial charge on any atom is -0.493 e. The molecule has 0 radical (unpaired) electrons. The van der Waals surface area contributed by atoms with E-state index in [1.165, 1.54) is 13.2 Å². The third-order valence-corrected chi connectivity index (χ3v) is 3.91. The zero-order chi connectivity index (χ0) is 20.4. The van der Waals surface area contributed by atoms with E-state index in [2.05, 4.69) is 41.1 Å². The summed E-state index contributed by atoms with van der Waals surface area (Å²) in [5.74, 6) is 0.863. The Kier molecular flexibility index (Phi) is 12.3. The standard InChI is InChI=1S/C19H31F2N3O3.HI/c1-7-22-18(24-12-16(26-6)19(2,3)4)23-11-13-8-9-14(25-5)15(10-13)27-17(20)21;/h8-10,16-17H,7,11-12H2,1-6H3,(H2,22,23,24);1H. The first kappa shape index (κ1) is 26.6. The number of rotatable bonds is 9. The van der Waals surface area contributed by atoms with Crippen LogP contribution in [0.5, 0.6) is 11.5 Å². The van der Waals surface area contributed by atoms with Crippen molar-refractivity contribution in [3.63, 3.8) is 0 Å². The Balaban J connectivity index is 0.00000729. The minimum atomic E-state index is -2.92. The molecule has 0 aliphatic rings. The lowest BCUT2D eigenvalue weighted by Gasteiger charge is -2.30. The number of nitrogens with zero attached hydrogens (tertiary/aromatic N) is 1. The first-order valence-corrected chi connectivity index (χ1v) is 8.88. The van der Waals surface area contributed by atoms with Crippen molar-refractivity contribution in [3.05, 3.63) is 23.8 Å². The maximum absolute atomic E-state index is 12.6. The molecule has 0 heterocycles. The van der Waals surface area contributed by atoms with Crippen LogP contribution in [0.3, 0.4) is 0 Å². The van der Waals surface area contributed by atoms with Crippen LogP contribution in [0.15, 0.2) is 23.2 Å². The van der Waals surface area contributed by atoms with Crippen LogP contribution >= 0.6 is 24.0 Å². The molecular weight excluding hydrogens is 483 g/mol. The summed E-state index contributed by atoms with van der Waals surface area (Å²) in [5, 5.41) is 6.42. The van der Waals surface area contributed by atoms with Crippen molar-refractivity contribution in [1.82, 2.24) is 10.6 Å². The van der Waals surface area contributed by atoms with Crippen LogP contribution in [0, 0.1) is 5.41 Å². The van der Waals surface area contributed by atoms with Gasteiger partial charge in [-0.15, -0.1) is 24.0 Å². The van der Waals surface area contributed by atoms with Gasteiger partial charge in [-0.05, 0) is 30.0 Å². The lowest BCUT2D eigenvalue weighted by molar-refractivity contribution is -0.0512. The summed E-state index contributed by atoms with van der Waals surface area (Å²) in [5.41, 5.74) is 0.707. The Bertz CT molecular complexity index is 611. The van der Waals surface area contributed by atoms with Crippen LogP contribution in [0.2, 0.25) is 0 Å². The molecule has 0 saturated heterocycles. The van der Waals surface area contributed by atoms with Gasteiger partial charge in [0.05, 0.1) is 19.8 Å². The number of hydrogen-bond donors (Lipinski definition) is 2. The minimum absolute atomic E-state index is 0. The zero-order valence-corrected chi connectivity index (χ0v) is 19.7. The van der Waals surface area contributed by atoms with E-state index in [1.54, 1.807) is 19.2 Å². The van der Waals surface area contributed by atoms with Crippen molar-refractivity contribution in [2.75, 3.05) is 27.3 Å². The molecule has 0 amide bonds. The highest BCUT2D eigenvalue weighted by molar-refractivity contribution is 14.0. The molecule has 1 aromatic carbocycles. The molecule has 1 atom stereocenters. The van der Waals surface area contributed by atoms with Crippen molar-refractivity contribution in [2.45, 2.75) is 47.0 Å². The van der Waals surface area contributed by atoms with E-state index in [0.29, 0.717) is 25.6 Å². The summed E-state index contributed by atoms with van der Waals surface area (Å²) in [6.07, 6.45) is 0.00777. The normalized spacial score (nSPS) is 13.0. The molecule has 28 heavy (non-hydrogen) atoms. The molecule has 2 N–H and O–H groups in total. The van der Waals surface area contributed by atoms with E-state index in [0.717, 1.165) is 5.56 Å². The number of benzene rings is 1.